The zero-order valence-corrected chi connectivity index (χ0v) is 15.9. The van der Waals surface area contributed by atoms with Gasteiger partial charge in [0.2, 0.25) is 0 Å². The number of anilines is 1. The van der Waals surface area contributed by atoms with Crippen LogP contribution in [0, 0.1) is 6.92 Å². The quantitative estimate of drug-likeness (QED) is 0.512. The van der Waals surface area contributed by atoms with Crippen molar-refractivity contribution in [3.05, 3.63) is 63.8 Å². The molecule has 2 aromatic carbocycles. The van der Waals surface area contributed by atoms with Crippen molar-refractivity contribution in [2.45, 2.75) is 6.92 Å². The van der Waals surface area contributed by atoms with Crippen molar-refractivity contribution >= 4 is 34.8 Å². The number of benzene rings is 2. The van der Waals surface area contributed by atoms with Gasteiger partial charge in [-0.25, -0.2) is 5.10 Å². The molecule has 2 N–H and O–H groups in total. The van der Waals surface area contributed by atoms with Crippen LogP contribution in [0.1, 0.15) is 16.1 Å². The molecule has 0 saturated carbocycles. The first-order valence-electron chi connectivity index (χ1n) is 8.10. The van der Waals surface area contributed by atoms with Gasteiger partial charge in [-0.1, -0.05) is 46.6 Å². The maximum atomic E-state index is 13.1. The average molecular weight is 415 g/mol. The zero-order chi connectivity index (χ0) is 19.7. The molecule has 0 unspecified atom stereocenters. The summed E-state index contributed by atoms with van der Waals surface area (Å²) in [6, 6.07) is 12.1. The van der Waals surface area contributed by atoms with Gasteiger partial charge in [0.1, 0.15) is 17.0 Å². The summed E-state index contributed by atoms with van der Waals surface area (Å²) in [6.45, 7) is 1.65. The first-order valence-corrected chi connectivity index (χ1v) is 8.86. The summed E-state index contributed by atoms with van der Waals surface area (Å²) in [5.74, 6) is 0.322. The molecule has 28 heavy (non-hydrogen) atoms. The number of H-pyrrole nitrogens is 1. The third kappa shape index (κ3) is 3.35. The van der Waals surface area contributed by atoms with Gasteiger partial charge >= 0.3 is 0 Å². The van der Waals surface area contributed by atoms with E-state index in [2.05, 4.69) is 31.1 Å². The van der Waals surface area contributed by atoms with Gasteiger partial charge < -0.3 is 9.84 Å². The number of nitrogens with one attached hydrogen (secondary N) is 2. The van der Waals surface area contributed by atoms with Gasteiger partial charge in [0, 0.05) is 16.1 Å². The highest BCUT2D eigenvalue weighted by atomic mass is 35.5. The fraction of sp³-hybridized carbons (Fsp3) is 0.0556. The summed E-state index contributed by atoms with van der Waals surface area (Å²) in [7, 11) is 0. The molecule has 0 bridgehead atoms. The van der Waals surface area contributed by atoms with Crippen molar-refractivity contribution in [2.24, 2.45) is 0 Å². The van der Waals surface area contributed by atoms with Crippen LogP contribution in [0.5, 0.6) is 0 Å². The Bertz CT molecular complexity index is 1160. The summed E-state index contributed by atoms with van der Waals surface area (Å²) in [4.78, 5) is 13.1. The number of nitrogens with zero attached hydrogens (tertiary/aromatic N) is 4. The van der Waals surface area contributed by atoms with Crippen LogP contribution in [0.15, 0.2) is 47.0 Å². The van der Waals surface area contributed by atoms with E-state index in [1.807, 2.05) is 0 Å². The molecule has 0 aliphatic rings. The molecule has 0 saturated heterocycles. The van der Waals surface area contributed by atoms with E-state index in [4.69, 9.17) is 27.7 Å². The largest absolute Gasteiger partial charge is 0.360 e. The minimum Gasteiger partial charge on any atom is -0.360 e. The van der Waals surface area contributed by atoms with E-state index in [-0.39, 0.29) is 5.56 Å². The van der Waals surface area contributed by atoms with Crippen LogP contribution in [0.25, 0.3) is 22.6 Å². The number of halogens is 2. The van der Waals surface area contributed by atoms with Gasteiger partial charge in [0.15, 0.2) is 5.82 Å². The summed E-state index contributed by atoms with van der Waals surface area (Å²) in [5, 5.41) is 21.4. The van der Waals surface area contributed by atoms with Crippen LogP contribution in [0.2, 0.25) is 10.0 Å². The lowest BCUT2D eigenvalue weighted by atomic mass is 10.0. The fourth-order valence-corrected chi connectivity index (χ4v) is 3.16. The second kappa shape index (κ2) is 7.41. The topological polar surface area (TPSA) is 110 Å². The van der Waals surface area contributed by atoms with Gasteiger partial charge in [-0.3, -0.25) is 4.79 Å². The number of rotatable bonds is 4. The number of amides is 1. The van der Waals surface area contributed by atoms with Crippen LogP contribution in [-0.4, -0.2) is 31.7 Å². The number of carbonyl (C=O) groups excluding carboxylic acids is 1. The van der Waals surface area contributed by atoms with Crippen LogP contribution in [0.3, 0.4) is 0 Å². The second-order valence-corrected chi connectivity index (χ2v) is 6.68. The number of aromatic amines is 1. The number of aromatic nitrogens is 5. The lowest BCUT2D eigenvalue weighted by Gasteiger charge is -2.10. The van der Waals surface area contributed by atoms with Crippen molar-refractivity contribution in [1.82, 2.24) is 25.8 Å². The molecule has 4 aromatic rings. The van der Waals surface area contributed by atoms with E-state index < -0.39 is 5.91 Å². The summed E-state index contributed by atoms with van der Waals surface area (Å²) < 4.78 is 5.26. The molecule has 0 spiro atoms. The predicted molar refractivity (Wildman–Crippen MR) is 104 cm³/mol. The lowest BCUT2D eigenvalue weighted by Crippen LogP contribution is -2.14. The van der Waals surface area contributed by atoms with E-state index in [1.165, 1.54) is 0 Å². The average Bonchev–Trinajstić information content (AvgIpc) is 3.32. The van der Waals surface area contributed by atoms with Gasteiger partial charge in [-0.05, 0) is 41.6 Å². The van der Waals surface area contributed by atoms with Crippen molar-refractivity contribution in [3.63, 3.8) is 0 Å². The lowest BCUT2D eigenvalue weighted by molar-refractivity contribution is 0.102. The van der Waals surface area contributed by atoms with Crippen molar-refractivity contribution in [3.8, 4) is 22.6 Å². The van der Waals surface area contributed by atoms with Crippen molar-refractivity contribution in [1.29, 1.82) is 0 Å². The first kappa shape index (κ1) is 18.1. The smallest absolute Gasteiger partial charge is 0.261 e. The Balaban J connectivity index is 1.75. The SMILES string of the molecule is Cc1onc(-c2ccccc2Cl)c1C(=O)Nc1cc(Cl)ccc1-c1nnn[nH]1. The Morgan fingerprint density at radius 3 is 2.71 bits per heavy atom. The van der Waals surface area contributed by atoms with E-state index >= 15 is 0 Å². The van der Waals surface area contributed by atoms with Crippen molar-refractivity contribution < 1.29 is 9.32 Å². The number of carbonyl (C=O) groups is 1. The van der Waals surface area contributed by atoms with E-state index in [9.17, 15) is 4.79 Å². The molecule has 4 rings (SSSR count). The van der Waals surface area contributed by atoms with Crippen LogP contribution in [-0.2, 0) is 0 Å². The van der Waals surface area contributed by atoms with Gasteiger partial charge in [0.05, 0.1) is 10.7 Å². The number of tetrazole rings is 1. The molecule has 10 heteroatoms. The Kier molecular flexibility index (Phi) is 4.81. The molecule has 0 aliphatic heterocycles. The third-order valence-corrected chi connectivity index (χ3v) is 4.61. The molecule has 140 valence electrons. The highest BCUT2D eigenvalue weighted by Gasteiger charge is 2.24. The minimum atomic E-state index is -0.426. The molecule has 0 radical (unpaired) electrons. The summed E-state index contributed by atoms with van der Waals surface area (Å²) in [6.07, 6.45) is 0. The van der Waals surface area contributed by atoms with E-state index in [0.29, 0.717) is 44.1 Å². The number of hydrogen-bond acceptors (Lipinski definition) is 6. The molecule has 0 fully saturated rings. The zero-order valence-electron chi connectivity index (χ0n) is 14.4. The molecule has 2 heterocycles. The van der Waals surface area contributed by atoms with Crippen LogP contribution in [0.4, 0.5) is 5.69 Å². The summed E-state index contributed by atoms with van der Waals surface area (Å²) >= 11 is 12.4. The predicted octanol–water partition coefficient (Wildman–Crippen LogP) is 4.39. The molecule has 8 nitrogen and oxygen atoms in total. The maximum Gasteiger partial charge on any atom is 0.261 e. The Morgan fingerprint density at radius 1 is 1.14 bits per heavy atom. The normalized spacial score (nSPS) is 10.8. The van der Waals surface area contributed by atoms with Crippen molar-refractivity contribution in [2.75, 3.05) is 5.32 Å². The van der Waals surface area contributed by atoms with Gasteiger partial charge in [0.25, 0.3) is 5.91 Å². The molecule has 1 amide bonds. The second-order valence-electron chi connectivity index (χ2n) is 5.84. The van der Waals surface area contributed by atoms with Gasteiger partial charge in [-0.15, -0.1) is 5.10 Å². The first-order chi connectivity index (χ1) is 13.5. The minimum absolute atomic E-state index is 0.273. The van der Waals surface area contributed by atoms with Crippen LogP contribution >= 0.6 is 23.2 Å². The Morgan fingerprint density at radius 2 is 1.96 bits per heavy atom. The Hall–Kier alpha value is -3.23. The molecular weight excluding hydrogens is 403 g/mol. The Labute approximate surface area is 168 Å². The number of aryl methyl sites for hydroxylation is 1. The standard InChI is InChI=1S/C18H12Cl2N6O2/c1-9-15(16(24-28-9)11-4-2-3-5-13(11)20)18(27)21-14-8-10(19)6-7-12(14)17-22-25-26-23-17/h2-8H,1H3,(H,21,27)(H,22,23,25,26). The van der Waals surface area contributed by atoms with Crippen LogP contribution < -0.4 is 5.32 Å². The summed E-state index contributed by atoms with van der Waals surface area (Å²) in [5.41, 5.74) is 2.23. The third-order valence-electron chi connectivity index (χ3n) is 4.05. The molecular formula is C18H12Cl2N6O2. The monoisotopic (exact) mass is 414 g/mol. The fourth-order valence-electron chi connectivity index (χ4n) is 2.76. The number of hydrogen-bond donors (Lipinski definition) is 2. The molecule has 2 aromatic heterocycles. The highest BCUT2D eigenvalue weighted by Crippen LogP contribution is 2.33. The maximum absolute atomic E-state index is 13.1. The van der Waals surface area contributed by atoms with E-state index in [0.717, 1.165) is 0 Å². The van der Waals surface area contributed by atoms with E-state index in [1.54, 1.807) is 49.4 Å². The van der Waals surface area contributed by atoms with Gasteiger partial charge in [-0.2, -0.15) is 0 Å². The highest BCUT2D eigenvalue weighted by molar-refractivity contribution is 6.33. The molecule has 0 atom stereocenters. The molecule has 0 aliphatic carbocycles.